The van der Waals surface area contributed by atoms with Gasteiger partial charge in [-0.3, -0.25) is 0 Å². The number of hydrogen-bond acceptors (Lipinski definition) is 0. The summed E-state index contributed by atoms with van der Waals surface area (Å²) in [6.07, 6.45) is 13.7. The van der Waals surface area contributed by atoms with Crippen LogP contribution in [0.4, 0.5) is 0 Å². The van der Waals surface area contributed by atoms with Crippen molar-refractivity contribution >= 4 is 35.1 Å². The van der Waals surface area contributed by atoms with Crippen LogP contribution >= 0.6 is 17.0 Å². The molecule has 52 heavy (non-hydrogen) atoms. The first-order valence-electron chi connectivity index (χ1n) is 20.2. The zero-order valence-corrected chi connectivity index (χ0v) is 38.0. The van der Waals surface area contributed by atoms with Crippen molar-refractivity contribution in [1.29, 1.82) is 0 Å². The molecule has 0 heterocycles. The van der Waals surface area contributed by atoms with Gasteiger partial charge in [-0.1, -0.05) is 0 Å². The molecule has 0 aromatic heterocycles. The summed E-state index contributed by atoms with van der Waals surface area (Å²) in [6.45, 7) is 18.8. The molecule has 3 unspecified atom stereocenters. The predicted octanol–water partition coefficient (Wildman–Crippen LogP) is 15.4. The molecular formula is C48H59Cl2SiZr. The van der Waals surface area contributed by atoms with E-state index >= 15 is 0 Å². The van der Waals surface area contributed by atoms with Crippen molar-refractivity contribution in [3.8, 4) is 22.3 Å². The third-order valence-corrected chi connectivity index (χ3v) is 65.2. The van der Waals surface area contributed by atoms with E-state index in [0.29, 0.717) is 11.8 Å². The Hall–Kier alpha value is -1.96. The zero-order valence-electron chi connectivity index (χ0n) is 32.8. The zero-order chi connectivity index (χ0) is 37.0. The summed E-state index contributed by atoms with van der Waals surface area (Å²) in [5, 5.41) is 0. The molecule has 0 saturated heterocycles. The third-order valence-electron chi connectivity index (χ3n) is 13.4. The fraction of sp³-hybridized carbons (Fsp3) is 0.417. The molecule has 0 spiro atoms. The van der Waals surface area contributed by atoms with Gasteiger partial charge in [0.1, 0.15) is 0 Å². The second kappa shape index (κ2) is 14.6. The van der Waals surface area contributed by atoms with E-state index < -0.39 is 21.5 Å². The van der Waals surface area contributed by atoms with Gasteiger partial charge in [-0.05, 0) is 0 Å². The first kappa shape index (κ1) is 38.3. The minimum atomic E-state index is -4.89. The van der Waals surface area contributed by atoms with Gasteiger partial charge < -0.3 is 0 Å². The van der Waals surface area contributed by atoms with Crippen LogP contribution in [0.1, 0.15) is 133 Å². The van der Waals surface area contributed by atoms with Crippen LogP contribution < -0.4 is 0 Å². The summed E-state index contributed by atoms with van der Waals surface area (Å²) < 4.78 is 0.251. The molecule has 0 nitrogen and oxygen atoms in total. The molecular weight excluding hydrogens is 767 g/mol. The molecule has 1 saturated carbocycles. The van der Waals surface area contributed by atoms with E-state index in [9.17, 15) is 0 Å². The average molecular weight is 826 g/mol. The Kier molecular flexibility index (Phi) is 10.8. The number of fused-ring (bicyclic) bond motifs is 2. The van der Waals surface area contributed by atoms with Crippen molar-refractivity contribution in [2.75, 3.05) is 0 Å². The number of hydrogen-bond donors (Lipinski definition) is 0. The molecule has 4 aromatic carbocycles. The van der Waals surface area contributed by atoms with Crippen molar-refractivity contribution in [3.63, 3.8) is 0 Å². The minimum absolute atomic E-state index is 0.119. The number of halogens is 2. The summed E-state index contributed by atoms with van der Waals surface area (Å²) in [5.74, 6) is -0.542. The Labute approximate surface area is 323 Å². The molecule has 3 aliphatic carbocycles. The van der Waals surface area contributed by atoms with E-state index in [2.05, 4.69) is 152 Å². The van der Waals surface area contributed by atoms with Crippen molar-refractivity contribution in [3.05, 3.63) is 129 Å². The summed E-state index contributed by atoms with van der Waals surface area (Å²) in [5.41, 5.74) is 16.7. The fourth-order valence-corrected chi connectivity index (χ4v) is 41.4. The van der Waals surface area contributed by atoms with Gasteiger partial charge in [0.15, 0.2) is 0 Å². The predicted molar refractivity (Wildman–Crippen MR) is 230 cm³/mol. The first-order chi connectivity index (χ1) is 24.8. The van der Waals surface area contributed by atoms with Gasteiger partial charge in [-0.2, -0.15) is 0 Å². The summed E-state index contributed by atoms with van der Waals surface area (Å²) in [4.78, 5) is 0. The summed E-state index contributed by atoms with van der Waals surface area (Å²) in [7, 11) is 17.8. The standard InChI is InChI=1S/C25H29.C21H23.C2H7Si.2ClH.Zr/c1-25(2,3)22-14-12-19(13-15-22)23-11-7-10-20-16-21(17-24(20)23)18-8-5-4-6-9-18;1-4-15(3)17-9-11-18(12-10-17)20-8-6-7-19-13-16(5-2)14-21(19)20;1-3-2;;;/h7,10-18H,4-6,8-9H2,1-3H3;6-15H,4-5H2,1-3H3;3H,1-2H3;2*1H;/q;;;;;+2/p-2. The summed E-state index contributed by atoms with van der Waals surface area (Å²) >= 11 is -4.89. The number of allylic oxidation sites excluding steroid dienone is 2. The van der Waals surface area contributed by atoms with Crippen LogP contribution in [0.2, 0.25) is 13.1 Å². The molecule has 0 aliphatic heterocycles. The molecule has 273 valence electrons. The van der Waals surface area contributed by atoms with Crippen LogP contribution in [0.5, 0.6) is 0 Å². The van der Waals surface area contributed by atoms with Crippen molar-refractivity contribution in [1.82, 2.24) is 0 Å². The molecule has 4 heteroatoms. The van der Waals surface area contributed by atoms with Crippen molar-refractivity contribution in [2.45, 2.75) is 118 Å². The molecule has 7 rings (SSSR count). The van der Waals surface area contributed by atoms with Crippen LogP contribution in [0.3, 0.4) is 0 Å². The molecule has 0 bridgehead atoms. The van der Waals surface area contributed by atoms with Crippen LogP contribution in [-0.4, -0.2) is 5.92 Å². The normalized spacial score (nSPS) is 20.6. The van der Waals surface area contributed by atoms with Gasteiger partial charge >= 0.3 is 326 Å². The Morgan fingerprint density at radius 2 is 1.25 bits per heavy atom. The molecule has 0 radical (unpaired) electrons. The van der Waals surface area contributed by atoms with Crippen LogP contribution in [0.15, 0.2) is 96.1 Å². The SMILES string of the molecule is CCC1=Cc2c(-c3ccc(C(C)CC)cc3)cccc2[CH]1[Zr]([Cl])([Cl])([CH]1C(C2CCCCC2)=Cc2c(-c3ccc(C(C)(C)C)cc3)cccc21)[SiH](C)C. The van der Waals surface area contributed by atoms with E-state index in [1.807, 2.05) is 0 Å². The molecule has 0 N–H and O–H groups in total. The van der Waals surface area contributed by atoms with Gasteiger partial charge in [-0.15, -0.1) is 0 Å². The third kappa shape index (κ3) is 6.48. The van der Waals surface area contributed by atoms with Crippen LogP contribution in [0, 0.1) is 5.92 Å². The van der Waals surface area contributed by atoms with E-state index in [1.54, 1.807) is 5.57 Å². The van der Waals surface area contributed by atoms with Gasteiger partial charge in [0, 0.05) is 0 Å². The van der Waals surface area contributed by atoms with Gasteiger partial charge in [0.05, 0.1) is 0 Å². The first-order valence-corrected chi connectivity index (χ1v) is 36.5. The Bertz CT molecular complexity index is 2010. The monoisotopic (exact) mass is 823 g/mol. The molecule has 1 fully saturated rings. The summed E-state index contributed by atoms with van der Waals surface area (Å²) in [6, 6.07) is 32.7. The Balaban J connectivity index is 1.41. The average Bonchev–Trinajstić information content (AvgIpc) is 3.75. The number of benzene rings is 4. The Morgan fingerprint density at radius 1 is 0.712 bits per heavy atom. The van der Waals surface area contributed by atoms with Crippen LogP contribution in [0.25, 0.3) is 34.4 Å². The van der Waals surface area contributed by atoms with E-state index in [0.717, 1.165) is 12.8 Å². The van der Waals surface area contributed by atoms with E-state index in [1.165, 1.54) is 93.3 Å². The maximum absolute atomic E-state index is 8.88. The van der Waals surface area contributed by atoms with Gasteiger partial charge in [0.25, 0.3) is 0 Å². The van der Waals surface area contributed by atoms with Gasteiger partial charge in [-0.25, -0.2) is 0 Å². The van der Waals surface area contributed by atoms with Gasteiger partial charge in [0.2, 0.25) is 0 Å². The second-order valence-electron chi connectivity index (χ2n) is 17.7. The Morgan fingerprint density at radius 3 is 1.77 bits per heavy atom. The second-order valence-corrected chi connectivity index (χ2v) is 60.2. The van der Waals surface area contributed by atoms with Crippen LogP contribution in [-0.2, 0) is 21.0 Å². The van der Waals surface area contributed by atoms with Crippen molar-refractivity contribution < 1.29 is 15.6 Å². The van der Waals surface area contributed by atoms with Crippen molar-refractivity contribution in [2.24, 2.45) is 5.92 Å². The topological polar surface area (TPSA) is 0 Å². The molecule has 0 amide bonds. The molecule has 4 aromatic rings. The quantitative estimate of drug-likeness (QED) is 0.148. The maximum atomic E-state index is 8.88. The molecule has 3 aliphatic rings. The molecule has 3 atom stereocenters. The van der Waals surface area contributed by atoms with E-state index in [4.69, 9.17) is 17.0 Å². The fourth-order valence-electron chi connectivity index (χ4n) is 9.97. The number of rotatable bonds is 9. The van der Waals surface area contributed by atoms with E-state index in [-0.39, 0.29) is 12.7 Å².